The molecule has 0 aliphatic rings. The molecule has 1 atom stereocenters. The normalized spacial score (nSPS) is 11.9. The monoisotopic (exact) mass is 300 g/mol. The Morgan fingerprint density at radius 2 is 1.45 bits per heavy atom. The molecule has 0 aliphatic heterocycles. The Labute approximate surface area is 130 Å². The topological polar surface area (TPSA) is 55.8 Å². The van der Waals surface area contributed by atoms with Gasteiger partial charge in [0, 0.05) is 6.42 Å². The minimum absolute atomic E-state index is 0.128. The van der Waals surface area contributed by atoms with E-state index in [9.17, 15) is 9.90 Å². The standard InChI is InChI=1S/C18H20O4/c19-17(21-13-15-7-3-1-4-8-15)11-12-18(20)22-14-16-9-5-2-6-10-16/h1-10,17,19H,11-14H2. The molecule has 4 heteroatoms. The zero-order valence-corrected chi connectivity index (χ0v) is 12.4. The van der Waals surface area contributed by atoms with Gasteiger partial charge in [0.2, 0.25) is 0 Å². The van der Waals surface area contributed by atoms with Gasteiger partial charge in [0.05, 0.1) is 13.0 Å². The first-order valence-corrected chi connectivity index (χ1v) is 7.27. The van der Waals surface area contributed by atoms with Crippen molar-refractivity contribution in [1.82, 2.24) is 0 Å². The highest BCUT2D eigenvalue weighted by Crippen LogP contribution is 2.07. The Kier molecular flexibility index (Phi) is 6.61. The van der Waals surface area contributed by atoms with E-state index in [4.69, 9.17) is 9.47 Å². The highest BCUT2D eigenvalue weighted by atomic mass is 16.6. The van der Waals surface area contributed by atoms with Crippen molar-refractivity contribution in [2.45, 2.75) is 32.3 Å². The summed E-state index contributed by atoms with van der Waals surface area (Å²) in [6.07, 6.45) is -0.618. The summed E-state index contributed by atoms with van der Waals surface area (Å²) in [4.78, 5) is 11.6. The molecule has 0 spiro atoms. The van der Waals surface area contributed by atoms with E-state index in [2.05, 4.69) is 0 Å². The molecule has 0 aromatic heterocycles. The van der Waals surface area contributed by atoms with Crippen molar-refractivity contribution in [1.29, 1.82) is 0 Å². The molecule has 0 bridgehead atoms. The van der Waals surface area contributed by atoms with Gasteiger partial charge in [-0.2, -0.15) is 0 Å². The Hall–Kier alpha value is -2.17. The van der Waals surface area contributed by atoms with Crippen molar-refractivity contribution in [2.75, 3.05) is 0 Å². The summed E-state index contributed by atoms with van der Waals surface area (Å²) in [6.45, 7) is 0.571. The SMILES string of the molecule is O=C(CCC(O)OCc1ccccc1)OCc1ccccc1. The van der Waals surface area contributed by atoms with Gasteiger partial charge < -0.3 is 14.6 Å². The third-order valence-electron chi connectivity index (χ3n) is 3.12. The summed E-state index contributed by atoms with van der Waals surface area (Å²) in [6, 6.07) is 19.1. The predicted molar refractivity (Wildman–Crippen MR) is 82.7 cm³/mol. The van der Waals surface area contributed by atoms with Crippen molar-refractivity contribution < 1.29 is 19.4 Å². The van der Waals surface area contributed by atoms with Crippen LogP contribution in [0.1, 0.15) is 24.0 Å². The van der Waals surface area contributed by atoms with E-state index in [0.29, 0.717) is 6.61 Å². The van der Waals surface area contributed by atoms with E-state index < -0.39 is 6.29 Å². The first-order valence-electron chi connectivity index (χ1n) is 7.27. The fourth-order valence-electron chi connectivity index (χ4n) is 1.90. The number of benzene rings is 2. The number of esters is 1. The van der Waals surface area contributed by atoms with Gasteiger partial charge >= 0.3 is 5.97 Å². The van der Waals surface area contributed by atoms with Crippen molar-refractivity contribution in [3.63, 3.8) is 0 Å². The first-order chi connectivity index (χ1) is 10.7. The summed E-state index contributed by atoms with van der Waals surface area (Å²) in [7, 11) is 0. The van der Waals surface area contributed by atoms with Crippen LogP contribution in [-0.2, 0) is 27.5 Å². The number of carbonyl (C=O) groups is 1. The molecule has 2 aromatic rings. The molecule has 0 heterocycles. The van der Waals surface area contributed by atoms with E-state index in [-0.39, 0.29) is 25.4 Å². The molecule has 0 radical (unpaired) electrons. The van der Waals surface area contributed by atoms with E-state index >= 15 is 0 Å². The number of hydrogen-bond acceptors (Lipinski definition) is 4. The lowest BCUT2D eigenvalue weighted by atomic mass is 10.2. The molecule has 0 saturated heterocycles. The number of aliphatic hydroxyl groups is 1. The van der Waals surface area contributed by atoms with E-state index in [1.807, 2.05) is 60.7 Å². The first kappa shape index (κ1) is 16.2. The highest BCUT2D eigenvalue weighted by molar-refractivity contribution is 5.69. The fraction of sp³-hybridized carbons (Fsp3) is 0.278. The van der Waals surface area contributed by atoms with Crippen molar-refractivity contribution in [2.24, 2.45) is 0 Å². The lowest BCUT2D eigenvalue weighted by Gasteiger charge is -2.12. The van der Waals surface area contributed by atoms with Crippen LogP contribution < -0.4 is 0 Å². The van der Waals surface area contributed by atoms with Crippen molar-refractivity contribution in [3.8, 4) is 0 Å². The molecule has 116 valence electrons. The smallest absolute Gasteiger partial charge is 0.306 e. The minimum atomic E-state index is -0.968. The average Bonchev–Trinajstić information content (AvgIpc) is 2.58. The van der Waals surface area contributed by atoms with E-state index in [0.717, 1.165) is 11.1 Å². The molecule has 2 rings (SSSR count). The molecular formula is C18H20O4. The summed E-state index contributed by atoms with van der Waals surface area (Å²) >= 11 is 0. The lowest BCUT2D eigenvalue weighted by molar-refractivity contribution is -0.150. The molecule has 0 aliphatic carbocycles. The van der Waals surface area contributed by atoms with Gasteiger partial charge in [0.25, 0.3) is 0 Å². The number of aliphatic hydroxyl groups excluding tert-OH is 1. The van der Waals surface area contributed by atoms with Gasteiger partial charge in [-0.15, -0.1) is 0 Å². The molecule has 22 heavy (non-hydrogen) atoms. The molecule has 0 fully saturated rings. The summed E-state index contributed by atoms with van der Waals surface area (Å²) < 4.78 is 10.4. The highest BCUT2D eigenvalue weighted by Gasteiger charge is 2.10. The average molecular weight is 300 g/mol. The molecule has 0 saturated carbocycles. The van der Waals surface area contributed by atoms with Crippen LogP contribution in [0, 0.1) is 0 Å². The van der Waals surface area contributed by atoms with Gasteiger partial charge in [-0.05, 0) is 11.1 Å². The van der Waals surface area contributed by atoms with Crippen LogP contribution in [0.3, 0.4) is 0 Å². The Bertz CT molecular complexity index is 554. The lowest BCUT2D eigenvalue weighted by Crippen LogP contribution is -2.15. The van der Waals surface area contributed by atoms with E-state index in [1.165, 1.54) is 0 Å². The second-order valence-corrected chi connectivity index (χ2v) is 4.94. The molecular weight excluding hydrogens is 280 g/mol. The Morgan fingerprint density at radius 1 is 0.909 bits per heavy atom. The second kappa shape index (κ2) is 8.97. The van der Waals surface area contributed by atoms with Gasteiger partial charge in [-0.3, -0.25) is 4.79 Å². The number of hydrogen-bond donors (Lipinski definition) is 1. The second-order valence-electron chi connectivity index (χ2n) is 4.94. The summed E-state index contributed by atoms with van der Waals surface area (Å²) in [5.74, 6) is -0.341. The Morgan fingerprint density at radius 3 is 2.05 bits per heavy atom. The zero-order valence-electron chi connectivity index (χ0n) is 12.4. The van der Waals surface area contributed by atoms with Crippen molar-refractivity contribution in [3.05, 3.63) is 71.8 Å². The maximum Gasteiger partial charge on any atom is 0.306 e. The molecule has 0 amide bonds. The van der Waals surface area contributed by atoms with Gasteiger partial charge in [-0.25, -0.2) is 0 Å². The van der Waals surface area contributed by atoms with Crippen molar-refractivity contribution >= 4 is 5.97 Å². The van der Waals surface area contributed by atoms with Crippen LogP contribution in [-0.4, -0.2) is 17.4 Å². The predicted octanol–water partition coefficient (Wildman–Crippen LogP) is 3.05. The third kappa shape index (κ3) is 6.08. The summed E-state index contributed by atoms with van der Waals surface area (Å²) in [5, 5.41) is 9.71. The third-order valence-corrected chi connectivity index (χ3v) is 3.12. The van der Waals surface area contributed by atoms with Crippen LogP contribution in [0.5, 0.6) is 0 Å². The Balaban J connectivity index is 1.61. The largest absolute Gasteiger partial charge is 0.461 e. The maximum absolute atomic E-state index is 11.6. The molecule has 1 unspecified atom stereocenters. The quantitative estimate of drug-likeness (QED) is 0.601. The van der Waals surface area contributed by atoms with E-state index in [1.54, 1.807) is 0 Å². The fourth-order valence-corrected chi connectivity index (χ4v) is 1.90. The van der Waals surface area contributed by atoms with Crippen LogP contribution in [0.25, 0.3) is 0 Å². The summed E-state index contributed by atoms with van der Waals surface area (Å²) in [5.41, 5.74) is 1.92. The minimum Gasteiger partial charge on any atom is -0.461 e. The van der Waals surface area contributed by atoms with Crippen LogP contribution in [0.2, 0.25) is 0 Å². The van der Waals surface area contributed by atoms with Gasteiger partial charge in [0.1, 0.15) is 6.61 Å². The van der Waals surface area contributed by atoms with Gasteiger partial charge in [-0.1, -0.05) is 60.7 Å². The zero-order chi connectivity index (χ0) is 15.6. The number of carbonyl (C=O) groups excluding carboxylic acids is 1. The number of ether oxygens (including phenoxy) is 2. The molecule has 4 nitrogen and oxygen atoms in total. The molecule has 1 N–H and O–H groups in total. The van der Waals surface area contributed by atoms with Crippen LogP contribution in [0.4, 0.5) is 0 Å². The van der Waals surface area contributed by atoms with Crippen LogP contribution in [0.15, 0.2) is 60.7 Å². The number of rotatable bonds is 8. The molecule has 2 aromatic carbocycles. The van der Waals surface area contributed by atoms with Crippen LogP contribution >= 0.6 is 0 Å². The van der Waals surface area contributed by atoms with Gasteiger partial charge in [0.15, 0.2) is 6.29 Å². The maximum atomic E-state index is 11.6.